The van der Waals surface area contributed by atoms with E-state index in [-0.39, 0.29) is 11.1 Å². The number of aromatic amines is 1. The third-order valence-electron chi connectivity index (χ3n) is 2.92. The van der Waals surface area contributed by atoms with E-state index in [0.29, 0.717) is 10.9 Å². The van der Waals surface area contributed by atoms with Gasteiger partial charge in [0.2, 0.25) is 0 Å². The molecule has 0 unspecified atom stereocenters. The van der Waals surface area contributed by atoms with Crippen molar-refractivity contribution in [1.82, 2.24) is 9.97 Å². The normalized spacial score (nSPS) is 10.7. The molecule has 2 rings (SSSR count). The Labute approximate surface area is 142 Å². The van der Waals surface area contributed by atoms with Gasteiger partial charge in [-0.05, 0) is 29.9 Å². The molecule has 5 nitrogen and oxygen atoms in total. The molecule has 1 aromatic carbocycles. The number of hydrogen-bond acceptors (Lipinski definition) is 5. The Kier molecular flexibility index (Phi) is 6.73. The van der Waals surface area contributed by atoms with E-state index in [1.54, 1.807) is 30.0 Å². The molecule has 0 aliphatic carbocycles. The summed E-state index contributed by atoms with van der Waals surface area (Å²) in [6.07, 6.45) is 1.09. The van der Waals surface area contributed by atoms with Crippen molar-refractivity contribution >= 4 is 29.5 Å². The van der Waals surface area contributed by atoms with E-state index in [1.807, 2.05) is 6.07 Å². The van der Waals surface area contributed by atoms with Gasteiger partial charge in [-0.1, -0.05) is 30.8 Å². The minimum absolute atomic E-state index is 0.158. The van der Waals surface area contributed by atoms with Crippen LogP contribution in [0, 0.1) is 0 Å². The Bertz CT molecular complexity index is 731. The predicted molar refractivity (Wildman–Crippen MR) is 94.3 cm³/mol. The summed E-state index contributed by atoms with van der Waals surface area (Å²) in [7, 11) is 0. The van der Waals surface area contributed by atoms with Gasteiger partial charge in [-0.3, -0.25) is 4.79 Å². The average molecular weight is 350 g/mol. The third kappa shape index (κ3) is 5.76. The van der Waals surface area contributed by atoms with E-state index in [1.165, 1.54) is 17.8 Å². The second-order valence-electron chi connectivity index (χ2n) is 4.89. The fourth-order valence-electron chi connectivity index (χ4n) is 1.89. The van der Waals surface area contributed by atoms with E-state index in [2.05, 4.69) is 16.9 Å². The molecule has 0 amide bonds. The zero-order valence-corrected chi connectivity index (χ0v) is 14.4. The highest BCUT2D eigenvalue weighted by Crippen LogP contribution is 2.20. The Morgan fingerprint density at radius 2 is 2.13 bits per heavy atom. The summed E-state index contributed by atoms with van der Waals surface area (Å²) < 4.78 is 0. The molecular formula is C16H18N2O3S2. The minimum atomic E-state index is -0.946. The standard InChI is InChI=1S/C16H18N2O3S2/c1-2-6-22-10-13-8-14(19)18-16(17-13)23-9-11-4-3-5-12(7-11)15(20)21/h3-5,7-8H,2,6,9-10H2,1H3,(H,20,21)(H,17,18,19). The number of carboxylic acid groups (broad SMARTS) is 1. The van der Waals surface area contributed by atoms with Crippen molar-refractivity contribution in [3.8, 4) is 0 Å². The zero-order valence-electron chi connectivity index (χ0n) is 12.7. The highest BCUT2D eigenvalue weighted by Gasteiger charge is 2.06. The van der Waals surface area contributed by atoms with E-state index in [0.717, 1.165) is 29.2 Å². The molecule has 2 aromatic rings. The molecule has 0 saturated carbocycles. The van der Waals surface area contributed by atoms with Gasteiger partial charge in [0.05, 0.1) is 11.3 Å². The number of aromatic carboxylic acids is 1. The number of thioether (sulfide) groups is 2. The molecule has 7 heteroatoms. The maximum absolute atomic E-state index is 11.7. The number of nitrogens with one attached hydrogen (secondary N) is 1. The summed E-state index contributed by atoms with van der Waals surface area (Å²) in [5.74, 6) is 1.37. The summed E-state index contributed by atoms with van der Waals surface area (Å²) in [6.45, 7) is 2.12. The average Bonchev–Trinajstić information content (AvgIpc) is 2.53. The van der Waals surface area contributed by atoms with Crippen LogP contribution in [0.3, 0.4) is 0 Å². The van der Waals surface area contributed by atoms with Crippen LogP contribution in [0.2, 0.25) is 0 Å². The van der Waals surface area contributed by atoms with Crippen molar-refractivity contribution in [3.05, 3.63) is 57.5 Å². The Morgan fingerprint density at radius 3 is 2.87 bits per heavy atom. The number of hydrogen-bond donors (Lipinski definition) is 2. The largest absolute Gasteiger partial charge is 0.478 e. The van der Waals surface area contributed by atoms with Crippen LogP contribution in [0.25, 0.3) is 0 Å². The number of aromatic nitrogens is 2. The van der Waals surface area contributed by atoms with Crippen LogP contribution in [0.5, 0.6) is 0 Å². The molecule has 0 spiro atoms. The number of rotatable bonds is 8. The first kappa shape index (κ1) is 17.6. The van der Waals surface area contributed by atoms with Gasteiger partial charge in [0.1, 0.15) is 0 Å². The Hall–Kier alpha value is -1.73. The fraction of sp³-hybridized carbons (Fsp3) is 0.312. The molecule has 1 heterocycles. The van der Waals surface area contributed by atoms with E-state index in [9.17, 15) is 9.59 Å². The predicted octanol–water partition coefficient (Wildman–Crippen LogP) is 3.40. The molecule has 0 radical (unpaired) electrons. The highest BCUT2D eigenvalue weighted by atomic mass is 32.2. The first-order chi connectivity index (χ1) is 11.1. The number of H-pyrrole nitrogens is 1. The molecule has 2 N–H and O–H groups in total. The van der Waals surface area contributed by atoms with E-state index < -0.39 is 5.97 Å². The van der Waals surface area contributed by atoms with Gasteiger partial charge in [-0.25, -0.2) is 9.78 Å². The lowest BCUT2D eigenvalue weighted by molar-refractivity contribution is 0.0697. The lowest BCUT2D eigenvalue weighted by atomic mass is 10.1. The molecule has 0 bridgehead atoms. The van der Waals surface area contributed by atoms with Crippen molar-refractivity contribution in [1.29, 1.82) is 0 Å². The zero-order chi connectivity index (χ0) is 16.7. The van der Waals surface area contributed by atoms with Crippen LogP contribution >= 0.6 is 23.5 Å². The molecule has 0 fully saturated rings. The quantitative estimate of drug-likeness (QED) is 0.431. The molecule has 0 aliphatic heterocycles. The molecule has 0 atom stereocenters. The van der Waals surface area contributed by atoms with Crippen LogP contribution < -0.4 is 5.56 Å². The number of carboxylic acids is 1. The van der Waals surface area contributed by atoms with Gasteiger partial charge in [0.25, 0.3) is 5.56 Å². The second kappa shape index (κ2) is 8.79. The first-order valence-electron chi connectivity index (χ1n) is 7.21. The van der Waals surface area contributed by atoms with Gasteiger partial charge < -0.3 is 10.1 Å². The maximum atomic E-state index is 11.7. The van der Waals surface area contributed by atoms with E-state index >= 15 is 0 Å². The van der Waals surface area contributed by atoms with Crippen LogP contribution in [-0.4, -0.2) is 26.8 Å². The molecule has 0 saturated heterocycles. The monoisotopic (exact) mass is 350 g/mol. The summed E-state index contributed by atoms with van der Waals surface area (Å²) in [5.41, 5.74) is 1.75. The van der Waals surface area contributed by atoms with Gasteiger partial charge in [0.15, 0.2) is 5.16 Å². The van der Waals surface area contributed by atoms with Crippen molar-refractivity contribution in [3.63, 3.8) is 0 Å². The van der Waals surface area contributed by atoms with Gasteiger partial charge in [-0.15, -0.1) is 0 Å². The van der Waals surface area contributed by atoms with Crippen LogP contribution in [0.4, 0.5) is 0 Å². The number of nitrogens with zero attached hydrogens (tertiary/aromatic N) is 1. The Balaban J connectivity index is 2.03. The van der Waals surface area contributed by atoms with Crippen LogP contribution in [0.1, 0.15) is 35.0 Å². The summed E-state index contributed by atoms with van der Waals surface area (Å²) in [5, 5.41) is 9.56. The lowest BCUT2D eigenvalue weighted by Crippen LogP contribution is -2.09. The van der Waals surface area contributed by atoms with Crippen molar-refractivity contribution in [2.24, 2.45) is 0 Å². The summed E-state index contributed by atoms with van der Waals surface area (Å²) >= 11 is 3.15. The maximum Gasteiger partial charge on any atom is 0.335 e. The van der Waals surface area contributed by atoms with Gasteiger partial charge >= 0.3 is 5.97 Å². The van der Waals surface area contributed by atoms with E-state index in [4.69, 9.17) is 5.11 Å². The molecule has 23 heavy (non-hydrogen) atoms. The van der Waals surface area contributed by atoms with Crippen LogP contribution in [-0.2, 0) is 11.5 Å². The van der Waals surface area contributed by atoms with Crippen molar-refractivity contribution in [2.75, 3.05) is 5.75 Å². The minimum Gasteiger partial charge on any atom is -0.478 e. The first-order valence-corrected chi connectivity index (χ1v) is 9.35. The van der Waals surface area contributed by atoms with Gasteiger partial charge in [0, 0.05) is 17.6 Å². The molecular weight excluding hydrogens is 332 g/mol. The van der Waals surface area contributed by atoms with Crippen LogP contribution in [0.15, 0.2) is 40.3 Å². The second-order valence-corrected chi connectivity index (χ2v) is 6.96. The fourth-order valence-corrected chi connectivity index (χ4v) is 3.52. The summed E-state index contributed by atoms with van der Waals surface area (Å²) in [6, 6.07) is 8.29. The molecule has 122 valence electrons. The van der Waals surface area contributed by atoms with Crippen molar-refractivity contribution in [2.45, 2.75) is 30.0 Å². The molecule has 0 aliphatic rings. The lowest BCUT2D eigenvalue weighted by Gasteiger charge is -2.05. The smallest absolute Gasteiger partial charge is 0.335 e. The SMILES string of the molecule is CCCSCc1cc(=O)[nH]c(SCc2cccc(C(=O)O)c2)n1. The number of carbonyl (C=O) groups is 1. The topological polar surface area (TPSA) is 83.0 Å². The highest BCUT2D eigenvalue weighted by molar-refractivity contribution is 7.98. The Morgan fingerprint density at radius 1 is 1.30 bits per heavy atom. The van der Waals surface area contributed by atoms with Crippen molar-refractivity contribution < 1.29 is 9.90 Å². The third-order valence-corrected chi connectivity index (χ3v) is 5.06. The van der Waals surface area contributed by atoms with Gasteiger partial charge in [-0.2, -0.15) is 11.8 Å². The summed E-state index contributed by atoms with van der Waals surface area (Å²) in [4.78, 5) is 29.8. The number of benzene rings is 1. The molecule has 1 aromatic heterocycles.